The van der Waals surface area contributed by atoms with Gasteiger partial charge in [-0.3, -0.25) is 20.2 Å². The summed E-state index contributed by atoms with van der Waals surface area (Å²) in [5.74, 6) is -1.35. The van der Waals surface area contributed by atoms with E-state index in [1.54, 1.807) is 0 Å². The van der Waals surface area contributed by atoms with Crippen molar-refractivity contribution in [3.63, 3.8) is 0 Å². The highest BCUT2D eigenvalue weighted by Crippen LogP contribution is 2.00. The minimum Gasteiger partial charge on any atom is -0.481 e. The summed E-state index contributed by atoms with van der Waals surface area (Å²) >= 11 is 0. The van der Waals surface area contributed by atoms with Crippen LogP contribution in [0.15, 0.2) is 16.9 Å². The van der Waals surface area contributed by atoms with Crippen LogP contribution >= 0.6 is 0 Å². The second-order valence-electron chi connectivity index (χ2n) is 3.13. The fourth-order valence-electron chi connectivity index (χ4n) is 1.01. The number of carbonyl (C=O) groups excluding carboxylic acids is 2. The van der Waals surface area contributed by atoms with Gasteiger partial charge in [-0.05, 0) is 6.42 Å². The van der Waals surface area contributed by atoms with Gasteiger partial charge in [0.1, 0.15) is 6.26 Å². The van der Waals surface area contributed by atoms with Crippen molar-refractivity contribution in [2.45, 2.75) is 19.3 Å². The maximum Gasteiger partial charge on any atom is 0.327 e. The molecule has 0 aromatic carbocycles. The van der Waals surface area contributed by atoms with Gasteiger partial charge in [0.15, 0.2) is 5.82 Å². The Balaban J connectivity index is 2.22. The molecule has 0 aliphatic carbocycles. The molecule has 0 spiro atoms. The number of aromatic nitrogens is 1. The number of anilines is 1. The van der Waals surface area contributed by atoms with Crippen LogP contribution in [0, 0.1) is 0 Å². The average Bonchev–Trinajstić information content (AvgIpc) is 2.69. The summed E-state index contributed by atoms with van der Waals surface area (Å²) in [6, 6.07) is 0.674. The van der Waals surface area contributed by atoms with E-state index in [9.17, 15) is 14.4 Å². The lowest BCUT2D eigenvalue weighted by Gasteiger charge is -2.03. The molecule has 1 aromatic rings. The number of nitrogens with one attached hydrogen (secondary N) is 2. The van der Waals surface area contributed by atoms with Crippen LogP contribution in [-0.2, 0) is 9.59 Å². The van der Waals surface area contributed by atoms with Gasteiger partial charge in [-0.1, -0.05) is 5.16 Å². The number of carbonyl (C=O) groups is 3. The molecule has 0 fully saturated rings. The van der Waals surface area contributed by atoms with Crippen molar-refractivity contribution in [1.29, 1.82) is 0 Å². The number of aliphatic carboxylic acids is 1. The van der Waals surface area contributed by atoms with Crippen molar-refractivity contribution in [3.05, 3.63) is 12.3 Å². The number of amides is 3. The maximum absolute atomic E-state index is 11.2. The molecular weight excluding hydrogens is 230 g/mol. The molecule has 0 atom stereocenters. The van der Waals surface area contributed by atoms with Crippen molar-refractivity contribution < 1.29 is 24.0 Å². The Kier molecular flexibility index (Phi) is 4.67. The summed E-state index contributed by atoms with van der Waals surface area (Å²) in [6.45, 7) is 0. The molecule has 0 bridgehead atoms. The highest BCUT2D eigenvalue weighted by atomic mass is 16.5. The second-order valence-corrected chi connectivity index (χ2v) is 3.13. The molecule has 0 saturated heterocycles. The normalized spacial score (nSPS) is 9.65. The smallest absolute Gasteiger partial charge is 0.327 e. The number of nitrogens with zero attached hydrogens (tertiary/aromatic N) is 1. The molecule has 8 nitrogen and oxygen atoms in total. The Bertz CT molecular complexity index is 401. The summed E-state index contributed by atoms with van der Waals surface area (Å²) in [4.78, 5) is 32.5. The van der Waals surface area contributed by atoms with Crippen LogP contribution in [0.4, 0.5) is 10.6 Å². The van der Waals surface area contributed by atoms with Crippen molar-refractivity contribution in [2.75, 3.05) is 5.32 Å². The van der Waals surface area contributed by atoms with Gasteiger partial charge >= 0.3 is 12.0 Å². The summed E-state index contributed by atoms with van der Waals surface area (Å²) in [6.07, 6.45) is 1.31. The summed E-state index contributed by atoms with van der Waals surface area (Å²) < 4.78 is 4.47. The maximum atomic E-state index is 11.2. The second kappa shape index (κ2) is 6.26. The molecule has 1 rings (SSSR count). The van der Waals surface area contributed by atoms with E-state index in [0.717, 1.165) is 0 Å². The highest BCUT2D eigenvalue weighted by Gasteiger charge is 2.09. The third-order valence-electron chi connectivity index (χ3n) is 1.73. The quantitative estimate of drug-likeness (QED) is 0.693. The molecule has 1 aromatic heterocycles. The van der Waals surface area contributed by atoms with E-state index >= 15 is 0 Å². The zero-order valence-electron chi connectivity index (χ0n) is 8.80. The minimum absolute atomic E-state index is 0.0292. The topological polar surface area (TPSA) is 122 Å². The predicted octanol–water partition coefficient (Wildman–Crippen LogP) is 0.578. The predicted molar refractivity (Wildman–Crippen MR) is 55.2 cm³/mol. The molecule has 3 N–H and O–H groups in total. The molecule has 1 heterocycles. The Morgan fingerprint density at radius 2 is 2.12 bits per heavy atom. The molecule has 0 saturated carbocycles. The third kappa shape index (κ3) is 5.30. The molecule has 0 aliphatic rings. The van der Waals surface area contributed by atoms with Gasteiger partial charge in [0.05, 0.1) is 0 Å². The number of hydrogen-bond acceptors (Lipinski definition) is 5. The van der Waals surface area contributed by atoms with Crippen LogP contribution in [0.25, 0.3) is 0 Å². The Morgan fingerprint density at radius 1 is 1.35 bits per heavy atom. The molecule has 3 amide bonds. The summed E-state index contributed by atoms with van der Waals surface area (Å²) in [5, 5.41) is 16.1. The summed E-state index contributed by atoms with van der Waals surface area (Å²) in [5.41, 5.74) is 0. The lowest BCUT2D eigenvalue weighted by Crippen LogP contribution is -2.34. The van der Waals surface area contributed by atoms with Gasteiger partial charge in [-0.25, -0.2) is 4.79 Å². The molecule has 17 heavy (non-hydrogen) atoms. The van der Waals surface area contributed by atoms with Crippen molar-refractivity contribution in [1.82, 2.24) is 10.5 Å². The van der Waals surface area contributed by atoms with E-state index in [1.165, 1.54) is 12.3 Å². The van der Waals surface area contributed by atoms with E-state index < -0.39 is 17.9 Å². The number of carboxylic acids is 1. The number of imide groups is 1. The summed E-state index contributed by atoms with van der Waals surface area (Å²) in [7, 11) is 0. The van der Waals surface area contributed by atoms with Crippen molar-refractivity contribution in [2.24, 2.45) is 0 Å². The zero-order valence-corrected chi connectivity index (χ0v) is 8.80. The van der Waals surface area contributed by atoms with Crippen LogP contribution in [-0.4, -0.2) is 28.2 Å². The SMILES string of the molecule is O=C(O)CCCC(=O)NC(=O)Nc1ccon1. The number of rotatable bonds is 5. The minimum atomic E-state index is -0.982. The van der Waals surface area contributed by atoms with Crippen molar-refractivity contribution >= 4 is 23.7 Å². The van der Waals surface area contributed by atoms with E-state index in [2.05, 4.69) is 15.0 Å². The van der Waals surface area contributed by atoms with Gasteiger partial charge in [0, 0.05) is 18.9 Å². The van der Waals surface area contributed by atoms with E-state index in [-0.39, 0.29) is 25.1 Å². The number of carboxylic acid groups (broad SMARTS) is 1. The zero-order chi connectivity index (χ0) is 12.7. The van der Waals surface area contributed by atoms with Crippen molar-refractivity contribution in [3.8, 4) is 0 Å². The largest absolute Gasteiger partial charge is 0.481 e. The first kappa shape index (κ1) is 12.7. The number of urea groups is 1. The van der Waals surface area contributed by atoms with E-state index in [1.807, 2.05) is 5.32 Å². The van der Waals surface area contributed by atoms with Gasteiger partial charge in [0.2, 0.25) is 5.91 Å². The van der Waals surface area contributed by atoms with Gasteiger partial charge < -0.3 is 9.63 Å². The van der Waals surface area contributed by atoms with Crippen LogP contribution in [0.1, 0.15) is 19.3 Å². The van der Waals surface area contributed by atoms with Gasteiger partial charge in [-0.15, -0.1) is 0 Å². The first-order valence-corrected chi connectivity index (χ1v) is 4.81. The third-order valence-corrected chi connectivity index (χ3v) is 1.73. The van der Waals surface area contributed by atoms with Gasteiger partial charge in [-0.2, -0.15) is 0 Å². The highest BCUT2D eigenvalue weighted by molar-refractivity contribution is 6.00. The molecule has 8 heteroatoms. The Labute approximate surface area is 96.0 Å². The molecule has 0 radical (unpaired) electrons. The van der Waals surface area contributed by atoms with E-state index in [0.29, 0.717) is 0 Å². The van der Waals surface area contributed by atoms with Crippen LogP contribution in [0.3, 0.4) is 0 Å². The monoisotopic (exact) mass is 241 g/mol. The first-order chi connectivity index (χ1) is 8.08. The van der Waals surface area contributed by atoms with E-state index in [4.69, 9.17) is 5.11 Å². The fourth-order valence-corrected chi connectivity index (χ4v) is 1.01. The Morgan fingerprint density at radius 3 is 2.71 bits per heavy atom. The standard InChI is InChI=1S/C9H11N3O5/c13-7(2-1-3-8(14)15)11-9(16)10-6-4-5-17-12-6/h4-5H,1-3H2,(H,14,15)(H2,10,11,12,13,16). The number of hydrogen-bond donors (Lipinski definition) is 3. The molecular formula is C9H11N3O5. The van der Waals surface area contributed by atoms with Crippen LogP contribution in [0.5, 0.6) is 0 Å². The molecule has 92 valence electrons. The van der Waals surface area contributed by atoms with Crippen LogP contribution < -0.4 is 10.6 Å². The molecule has 0 unspecified atom stereocenters. The molecule has 0 aliphatic heterocycles. The lowest BCUT2D eigenvalue weighted by molar-refractivity contribution is -0.137. The Hall–Kier alpha value is -2.38. The average molecular weight is 241 g/mol. The fraction of sp³-hybridized carbons (Fsp3) is 0.333. The lowest BCUT2D eigenvalue weighted by atomic mass is 10.2. The van der Waals surface area contributed by atoms with Crippen LogP contribution in [0.2, 0.25) is 0 Å². The van der Waals surface area contributed by atoms with Gasteiger partial charge in [0.25, 0.3) is 0 Å². The first-order valence-electron chi connectivity index (χ1n) is 4.81.